The molecule has 0 unspecified atom stereocenters. The van der Waals surface area contributed by atoms with Gasteiger partial charge in [-0.05, 0) is 31.7 Å². The molecular weight excluding hydrogens is 254 g/mol. The lowest BCUT2D eigenvalue weighted by Gasteiger charge is -2.37. The van der Waals surface area contributed by atoms with E-state index in [1.807, 2.05) is 6.07 Å². The number of carbonyl (C=O) groups excluding carboxylic acids is 1. The van der Waals surface area contributed by atoms with E-state index in [9.17, 15) is 9.90 Å². The van der Waals surface area contributed by atoms with Crippen molar-refractivity contribution in [2.24, 2.45) is 0 Å². The minimum absolute atomic E-state index is 0.000222. The molecule has 1 fully saturated rings. The van der Waals surface area contributed by atoms with Gasteiger partial charge in [0, 0.05) is 31.5 Å². The molecule has 0 aromatic carbocycles. The van der Waals surface area contributed by atoms with Gasteiger partial charge in [0.1, 0.15) is 0 Å². The summed E-state index contributed by atoms with van der Waals surface area (Å²) in [5, 5.41) is 12.5. The van der Waals surface area contributed by atoms with Crippen molar-refractivity contribution in [3.63, 3.8) is 0 Å². The maximum atomic E-state index is 12.7. The summed E-state index contributed by atoms with van der Waals surface area (Å²) in [6.07, 6.45) is 7.53. The molecule has 0 saturated heterocycles. The average Bonchev–Trinajstić information content (AvgIpc) is 2.42. The second-order valence-electron chi connectivity index (χ2n) is 5.15. The maximum Gasteiger partial charge on any atom is 0.257 e. The van der Waals surface area contributed by atoms with E-state index in [4.69, 9.17) is 0 Å². The zero-order valence-corrected chi connectivity index (χ0v) is 12.0. The van der Waals surface area contributed by atoms with Gasteiger partial charge in [-0.15, -0.1) is 0 Å². The molecule has 110 valence electrons. The third-order valence-corrected chi connectivity index (χ3v) is 3.73. The molecule has 20 heavy (non-hydrogen) atoms. The molecule has 0 radical (unpaired) electrons. The second kappa shape index (κ2) is 7.24. The number of nitrogens with zero attached hydrogens (tertiary/aromatic N) is 2. The van der Waals surface area contributed by atoms with Crippen molar-refractivity contribution in [2.75, 3.05) is 25.0 Å². The Bertz CT molecular complexity index is 446. The summed E-state index contributed by atoms with van der Waals surface area (Å²) in [5.74, 6) is -0.0320. The van der Waals surface area contributed by atoms with Crippen LogP contribution in [0, 0.1) is 0 Å². The van der Waals surface area contributed by atoms with Gasteiger partial charge in [-0.1, -0.05) is 6.92 Å². The Kier molecular flexibility index (Phi) is 5.35. The number of hydrogen-bond donors (Lipinski definition) is 2. The van der Waals surface area contributed by atoms with Crippen molar-refractivity contribution in [1.29, 1.82) is 0 Å². The molecular formula is C15H23N3O2. The lowest BCUT2D eigenvalue weighted by atomic mass is 9.91. The Hall–Kier alpha value is -1.62. The topological polar surface area (TPSA) is 65.5 Å². The monoisotopic (exact) mass is 277 g/mol. The van der Waals surface area contributed by atoms with Crippen LogP contribution in [0.4, 0.5) is 5.69 Å². The highest BCUT2D eigenvalue weighted by Crippen LogP contribution is 2.27. The van der Waals surface area contributed by atoms with Gasteiger partial charge in [0.2, 0.25) is 0 Å². The molecule has 1 aromatic heterocycles. The highest BCUT2D eigenvalue weighted by molar-refractivity contribution is 5.99. The first-order valence-corrected chi connectivity index (χ1v) is 7.37. The van der Waals surface area contributed by atoms with E-state index in [-0.39, 0.29) is 18.6 Å². The molecule has 1 amide bonds. The zero-order valence-electron chi connectivity index (χ0n) is 12.0. The normalized spacial score (nSPS) is 14.7. The third kappa shape index (κ3) is 3.28. The van der Waals surface area contributed by atoms with Gasteiger partial charge >= 0.3 is 0 Å². The lowest BCUT2D eigenvalue weighted by molar-refractivity contribution is 0.0526. The zero-order chi connectivity index (χ0) is 14.4. The van der Waals surface area contributed by atoms with Gasteiger partial charge in [0.05, 0.1) is 17.9 Å². The smallest absolute Gasteiger partial charge is 0.257 e. The van der Waals surface area contributed by atoms with E-state index in [0.717, 1.165) is 37.9 Å². The van der Waals surface area contributed by atoms with Gasteiger partial charge in [-0.2, -0.15) is 0 Å². The van der Waals surface area contributed by atoms with Crippen molar-refractivity contribution >= 4 is 11.6 Å². The molecule has 0 aliphatic heterocycles. The second-order valence-corrected chi connectivity index (χ2v) is 5.15. The summed E-state index contributed by atoms with van der Waals surface area (Å²) in [6, 6.07) is 2.11. The summed E-state index contributed by atoms with van der Waals surface area (Å²) >= 11 is 0. The van der Waals surface area contributed by atoms with E-state index in [1.54, 1.807) is 17.3 Å². The van der Waals surface area contributed by atoms with E-state index in [2.05, 4.69) is 17.2 Å². The number of anilines is 1. The summed E-state index contributed by atoms with van der Waals surface area (Å²) in [4.78, 5) is 18.5. The van der Waals surface area contributed by atoms with Gasteiger partial charge in [0.25, 0.3) is 5.91 Å². The number of aromatic nitrogens is 1. The molecule has 1 heterocycles. The molecule has 5 heteroatoms. The maximum absolute atomic E-state index is 12.7. The number of carbonyl (C=O) groups is 1. The first-order valence-electron chi connectivity index (χ1n) is 7.37. The van der Waals surface area contributed by atoms with Crippen LogP contribution in [-0.4, -0.2) is 46.6 Å². The molecule has 1 aliphatic carbocycles. The van der Waals surface area contributed by atoms with Crippen molar-refractivity contribution in [1.82, 2.24) is 9.88 Å². The fourth-order valence-electron chi connectivity index (χ4n) is 2.39. The molecule has 0 bridgehead atoms. The molecule has 5 nitrogen and oxygen atoms in total. The first kappa shape index (κ1) is 14.8. The highest BCUT2D eigenvalue weighted by Gasteiger charge is 2.30. The Labute approximate surface area is 120 Å². The first-order chi connectivity index (χ1) is 9.77. The van der Waals surface area contributed by atoms with Gasteiger partial charge < -0.3 is 15.3 Å². The van der Waals surface area contributed by atoms with Crippen LogP contribution in [0.25, 0.3) is 0 Å². The van der Waals surface area contributed by atoms with E-state index >= 15 is 0 Å². The molecule has 0 atom stereocenters. The van der Waals surface area contributed by atoms with Crippen LogP contribution < -0.4 is 5.32 Å². The van der Waals surface area contributed by atoms with Crippen LogP contribution in [0.15, 0.2) is 18.5 Å². The van der Waals surface area contributed by atoms with Crippen LogP contribution in [0.5, 0.6) is 0 Å². The van der Waals surface area contributed by atoms with Crippen LogP contribution >= 0.6 is 0 Å². The predicted octanol–water partition coefficient (Wildman–Crippen LogP) is 1.89. The number of hydrogen-bond acceptors (Lipinski definition) is 4. The number of rotatable bonds is 7. The van der Waals surface area contributed by atoms with E-state index in [1.165, 1.54) is 0 Å². The SMILES string of the molecule is CCCNc1ccncc1C(=O)N(CCO)C1CCC1. The summed E-state index contributed by atoms with van der Waals surface area (Å²) < 4.78 is 0. The van der Waals surface area contributed by atoms with Crippen LogP contribution in [-0.2, 0) is 0 Å². The summed E-state index contributed by atoms with van der Waals surface area (Å²) in [6.45, 7) is 3.31. The summed E-state index contributed by atoms with van der Waals surface area (Å²) in [5.41, 5.74) is 1.43. The minimum Gasteiger partial charge on any atom is -0.395 e. The van der Waals surface area contributed by atoms with E-state index < -0.39 is 0 Å². The fraction of sp³-hybridized carbons (Fsp3) is 0.600. The number of nitrogens with one attached hydrogen (secondary N) is 1. The van der Waals surface area contributed by atoms with Gasteiger partial charge in [-0.25, -0.2) is 0 Å². The molecule has 1 aliphatic rings. The van der Waals surface area contributed by atoms with Crippen molar-refractivity contribution < 1.29 is 9.90 Å². The number of aliphatic hydroxyl groups excluding tert-OH is 1. The standard InChI is InChI=1S/C15H23N3O2/c1-2-7-17-14-6-8-16-11-13(14)15(20)18(9-10-19)12-4-3-5-12/h6,8,11-12,19H,2-5,7,9-10H2,1H3,(H,16,17). The number of amides is 1. The van der Waals surface area contributed by atoms with Crippen LogP contribution in [0.1, 0.15) is 43.0 Å². The minimum atomic E-state index is -0.0320. The number of pyridine rings is 1. The molecule has 1 aromatic rings. The highest BCUT2D eigenvalue weighted by atomic mass is 16.3. The van der Waals surface area contributed by atoms with Crippen molar-refractivity contribution in [2.45, 2.75) is 38.6 Å². The average molecular weight is 277 g/mol. The molecule has 0 spiro atoms. The van der Waals surface area contributed by atoms with Gasteiger partial charge in [0.15, 0.2) is 0 Å². The molecule has 2 N–H and O–H groups in total. The number of aliphatic hydroxyl groups is 1. The molecule has 1 saturated carbocycles. The van der Waals surface area contributed by atoms with E-state index in [0.29, 0.717) is 12.1 Å². The lowest BCUT2D eigenvalue weighted by Crippen LogP contribution is -2.45. The van der Waals surface area contributed by atoms with Crippen LogP contribution in [0.3, 0.4) is 0 Å². The van der Waals surface area contributed by atoms with Gasteiger partial charge in [-0.3, -0.25) is 9.78 Å². The Morgan fingerprint density at radius 2 is 2.35 bits per heavy atom. The fourth-order valence-corrected chi connectivity index (χ4v) is 2.39. The summed E-state index contributed by atoms with van der Waals surface area (Å²) in [7, 11) is 0. The quantitative estimate of drug-likeness (QED) is 0.799. The van der Waals surface area contributed by atoms with Crippen molar-refractivity contribution in [3.8, 4) is 0 Å². The third-order valence-electron chi connectivity index (χ3n) is 3.73. The Balaban J connectivity index is 2.17. The predicted molar refractivity (Wildman–Crippen MR) is 78.8 cm³/mol. The van der Waals surface area contributed by atoms with Crippen LogP contribution in [0.2, 0.25) is 0 Å². The Morgan fingerprint density at radius 1 is 1.55 bits per heavy atom. The largest absolute Gasteiger partial charge is 0.395 e. The molecule has 2 rings (SSSR count). The Morgan fingerprint density at radius 3 is 2.95 bits per heavy atom. The van der Waals surface area contributed by atoms with Crippen molar-refractivity contribution in [3.05, 3.63) is 24.0 Å².